The average molecular weight is 213 g/mol. The van der Waals surface area contributed by atoms with E-state index in [-0.39, 0.29) is 0 Å². The van der Waals surface area contributed by atoms with Crippen LogP contribution in [-0.4, -0.2) is 13.1 Å². The van der Waals surface area contributed by atoms with Crippen LogP contribution < -0.4 is 4.90 Å². The highest BCUT2D eigenvalue weighted by Crippen LogP contribution is 2.19. The second-order valence-corrected chi connectivity index (χ2v) is 3.46. The van der Waals surface area contributed by atoms with E-state index in [1.165, 1.54) is 0 Å². The van der Waals surface area contributed by atoms with Gasteiger partial charge in [-0.15, -0.1) is 0 Å². The normalized spacial score (nSPS) is 9.56. The third-order valence-electron chi connectivity index (χ3n) is 2.61. The van der Waals surface area contributed by atoms with Gasteiger partial charge in [-0.1, -0.05) is 12.1 Å². The Balaban J connectivity index is 2.92. The molecule has 1 aromatic carbocycles. The van der Waals surface area contributed by atoms with E-state index in [1.807, 2.05) is 36.4 Å². The molecule has 0 atom stereocenters. The van der Waals surface area contributed by atoms with Crippen LogP contribution in [0.3, 0.4) is 0 Å². The van der Waals surface area contributed by atoms with Crippen molar-refractivity contribution in [2.24, 2.45) is 0 Å². The summed E-state index contributed by atoms with van der Waals surface area (Å²) >= 11 is 0. The van der Waals surface area contributed by atoms with Crippen LogP contribution in [0.2, 0.25) is 0 Å². The van der Waals surface area contributed by atoms with Crippen LogP contribution >= 0.6 is 0 Å². The van der Waals surface area contributed by atoms with Crippen molar-refractivity contribution in [3.05, 3.63) is 29.8 Å². The average Bonchev–Trinajstić information content (AvgIpc) is 2.34. The van der Waals surface area contributed by atoms with E-state index in [0.29, 0.717) is 0 Å². The first-order valence-corrected chi connectivity index (χ1v) is 5.40. The summed E-state index contributed by atoms with van der Waals surface area (Å²) < 4.78 is 0. The molecule has 0 bridgehead atoms. The maximum Gasteiger partial charge on any atom is 0.158 e. The molecule has 0 radical (unpaired) electrons. The third kappa shape index (κ3) is 2.52. The van der Waals surface area contributed by atoms with Crippen LogP contribution in [0.5, 0.6) is 0 Å². The molecule has 0 amide bonds. The van der Waals surface area contributed by atoms with Crippen molar-refractivity contribution in [3.8, 4) is 12.1 Å². The smallest absolute Gasteiger partial charge is 0.158 e. The highest BCUT2D eigenvalue weighted by atomic mass is 15.1. The molecule has 82 valence electrons. The summed E-state index contributed by atoms with van der Waals surface area (Å²) in [5.41, 5.74) is 1.89. The van der Waals surface area contributed by atoms with E-state index in [4.69, 9.17) is 10.5 Å². The van der Waals surface area contributed by atoms with E-state index in [9.17, 15) is 0 Å². The maximum atomic E-state index is 8.77. The summed E-state index contributed by atoms with van der Waals surface area (Å²) in [4.78, 5) is 2.22. The second-order valence-electron chi connectivity index (χ2n) is 3.46. The van der Waals surface area contributed by atoms with Gasteiger partial charge in [-0.2, -0.15) is 10.5 Å². The van der Waals surface area contributed by atoms with E-state index < -0.39 is 5.92 Å². The zero-order valence-electron chi connectivity index (χ0n) is 9.64. The summed E-state index contributed by atoms with van der Waals surface area (Å²) in [6.07, 6.45) is 0. The maximum absolute atomic E-state index is 8.77. The van der Waals surface area contributed by atoms with E-state index in [1.54, 1.807) is 0 Å². The largest absolute Gasteiger partial charge is 0.372 e. The van der Waals surface area contributed by atoms with Gasteiger partial charge in [-0.3, -0.25) is 0 Å². The Morgan fingerprint density at radius 2 is 1.56 bits per heavy atom. The Hall–Kier alpha value is -2.00. The van der Waals surface area contributed by atoms with Crippen LogP contribution in [-0.2, 0) is 0 Å². The van der Waals surface area contributed by atoms with Crippen molar-refractivity contribution in [3.63, 3.8) is 0 Å². The minimum atomic E-state index is -0.661. The fraction of sp³-hybridized carbons (Fsp3) is 0.385. The van der Waals surface area contributed by atoms with Crippen molar-refractivity contribution >= 4 is 5.69 Å². The number of benzene rings is 1. The SMILES string of the molecule is CCN(CC)c1ccc(C(C#N)C#N)cc1. The van der Waals surface area contributed by atoms with Gasteiger partial charge in [0.2, 0.25) is 0 Å². The van der Waals surface area contributed by atoms with Crippen LogP contribution in [0.1, 0.15) is 25.3 Å². The topological polar surface area (TPSA) is 50.8 Å². The van der Waals surface area contributed by atoms with Gasteiger partial charge < -0.3 is 4.90 Å². The minimum Gasteiger partial charge on any atom is -0.372 e. The Morgan fingerprint density at radius 3 is 1.94 bits per heavy atom. The van der Waals surface area contributed by atoms with Gasteiger partial charge in [0.15, 0.2) is 5.92 Å². The molecule has 0 spiro atoms. The van der Waals surface area contributed by atoms with Gasteiger partial charge in [-0.05, 0) is 31.5 Å². The fourth-order valence-electron chi connectivity index (χ4n) is 1.64. The molecule has 0 unspecified atom stereocenters. The Labute approximate surface area is 96.5 Å². The van der Waals surface area contributed by atoms with Gasteiger partial charge in [-0.25, -0.2) is 0 Å². The predicted octanol–water partition coefficient (Wildman–Crippen LogP) is 2.66. The minimum absolute atomic E-state index is 0.661. The lowest BCUT2D eigenvalue weighted by molar-refractivity contribution is 0.865. The van der Waals surface area contributed by atoms with Crippen molar-refractivity contribution in [1.29, 1.82) is 10.5 Å². The predicted molar refractivity (Wildman–Crippen MR) is 64.0 cm³/mol. The van der Waals surface area contributed by atoms with Crippen LogP contribution in [0, 0.1) is 22.7 Å². The molecule has 0 fully saturated rings. The lowest BCUT2D eigenvalue weighted by atomic mass is 10.0. The quantitative estimate of drug-likeness (QED) is 0.772. The number of nitriles is 2. The summed E-state index contributed by atoms with van der Waals surface area (Å²) in [6, 6.07) is 11.6. The fourth-order valence-corrected chi connectivity index (χ4v) is 1.64. The molecule has 0 aliphatic rings. The van der Waals surface area contributed by atoms with Crippen molar-refractivity contribution in [2.75, 3.05) is 18.0 Å². The third-order valence-corrected chi connectivity index (χ3v) is 2.61. The zero-order valence-corrected chi connectivity index (χ0v) is 9.64. The van der Waals surface area contributed by atoms with Crippen LogP contribution in [0.4, 0.5) is 5.69 Å². The van der Waals surface area contributed by atoms with Gasteiger partial charge in [0.05, 0.1) is 12.1 Å². The molecule has 3 nitrogen and oxygen atoms in total. The molecular weight excluding hydrogens is 198 g/mol. The molecule has 1 rings (SSSR count). The van der Waals surface area contributed by atoms with E-state index >= 15 is 0 Å². The molecule has 0 aromatic heterocycles. The molecule has 0 aliphatic heterocycles. The van der Waals surface area contributed by atoms with E-state index in [0.717, 1.165) is 24.3 Å². The van der Waals surface area contributed by atoms with E-state index in [2.05, 4.69) is 18.7 Å². The Morgan fingerprint density at radius 1 is 1.06 bits per heavy atom. The number of hydrogen-bond donors (Lipinski definition) is 0. The van der Waals surface area contributed by atoms with Crippen molar-refractivity contribution in [2.45, 2.75) is 19.8 Å². The summed E-state index contributed by atoms with van der Waals surface area (Å²) in [6.45, 7) is 6.11. The second kappa shape index (κ2) is 5.78. The molecule has 0 saturated heterocycles. The van der Waals surface area contributed by atoms with Gasteiger partial charge in [0.25, 0.3) is 0 Å². The standard InChI is InChI=1S/C13H15N3/c1-3-16(4-2)13-7-5-11(6-8-13)12(9-14)10-15/h5-8,12H,3-4H2,1-2H3. The van der Waals surface area contributed by atoms with Crippen molar-refractivity contribution in [1.82, 2.24) is 0 Å². The van der Waals surface area contributed by atoms with Gasteiger partial charge in [0.1, 0.15) is 0 Å². The Bertz CT molecular complexity index is 390. The number of rotatable bonds is 4. The summed E-state index contributed by atoms with van der Waals surface area (Å²) in [5, 5.41) is 17.5. The van der Waals surface area contributed by atoms with Crippen LogP contribution in [0.25, 0.3) is 0 Å². The van der Waals surface area contributed by atoms with Crippen molar-refractivity contribution < 1.29 is 0 Å². The molecule has 0 N–H and O–H groups in total. The first-order chi connectivity index (χ1) is 7.76. The van der Waals surface area contributed by atoms with Gasteiger partial charge in [0, 0.05) is 18.8 Å². The summed E-state index contributed by atoms with van der Waals surface area (Å²) in [7, 11) is 0. The first-order valence-electron chi connectivity index (χ1n) is 5.40. The van der Waals surface area contributed by atoms with Crippen LogP contribution in [0.15, 0.2) is 24.3 Å². The monoisotopic (exact) mass is 213 g/mol. The molecular formula is C13H15N3. The first kappa shape index (κ1) is 12.1. The number of nitrogens with zero attached hydrogens (tertiary/aromatic N) is 3. The number of hydrogen-bond acceptors (Lipinski definition) is 3. The molecule has 16 heavy (non-hydrogen) atoms. The molecule has 1 aromatic rings. The Kier molecular flexibility index (Phi) is 4.36. The molecule has 0 saturated carbocycles. The molecule has 0 heterocycles. The lowest BCUT2D eigenvalue weighted by Crippen LogP contribution is -2.21. The zero-order chi connectivity index (χ0) is 12.0. The number of anilines is 1. The molecule has 3 heteroatoms. The van der Waals surface area contributed by atoms with Gasteiger partial charge >= 0.3 is 0 Å². The molecule has 0 aliphatic carbocycles. The summed E-state index contributed by atoms with van der Waals surface area (Å²) in [5.74, 6) is -0.661. The highest BCUT2D eigenvalue weighted by Gasteiger charge is 2.09. The lowest BCUT2D eigenvalue weighted by Gasteiger charge is -2.21. The highest BCUT2D eigenvalue weighted by molar-refractivity contribution is 5.49.